The zero-order chi connectivity index (χ0) is 23.1. The number of hydrogen-bond acceptors (Lipinski definition) is 4. The van der Waals surface area contributed by atoms with Gasteiger partial charge in [0, 0.05) is 11.7 Å². The molecule has 3 N–H and O–H groups in total. The lowest BCUT2D eigenvalue weighted by atomic mass is 10.1. The van der Waals surface area contributed by atoms with Gasteiger partial charge in [-0.3, -0.25) is 19.3 Å². The van der Waals surface area contributed by atoms with Crippen molar-refractivity contribution in [1.82, 2.24) is 10.2 Å². The molecule has 2 aromatic rings. The van der Waals surface area contributed by atoms with Gasteiger partial charge in [0.2, 0.25) is 11.8 Å². The van der Waals surface area contributed by atoms with Crippen molar-refractivity contribution in [3.05, 3.63) is 59.2 Å². The van der Waals surface area contributed by atoms with Gasteiger partial charge in [-0.2, -0.15) is 0 Å². The van der Waals surface area contributed by atoms with E-state index in [4.69, 9.17) is 0 Å². The fraction of sp³-hybridized carbons (Fsp3) is 0.400. The molecular formula is C25H32N4O3. The average Bonchev–Trinajstić information content (AvgIpc) is 3.24. The van der Waals surface area contributed by atoms with Gasteiger partial charge in [-0.25, -0.2) is 0 Å². The largest absolute Gasteiger partial charge is 0.349 e. The van der Waals surface area contributed by atoms with E-state index in [9.17, 15) is 14.4 Å². The summed E-state index contributed by atoms with van der Waals surface area (Å²) in [5.74, 6) is -0.646. The van der Waals surface area contributed by atoms with Crippen LogP contribution in [0, 0.1) is 13.8 Å². The Morgan fingerprint density at radius 1 is 0.875 bits per heavy atom. The summed E-state index contributed by atoms with van der Waals surface area (Å²) in [6, 6.07) is 12.9. The van der Waals surface area contributed by atoms with Crippen LogP contribution in [0.15, 0.2) is 42.5 Å². The third-order valence-electron chi connectivity index (χ3n) is 5.84. The van der Waals surface area contributed by atoms with E-state index in [0.29, 0.717) is 11.3 Å². The first-order chi connectivity index (χ1) is 15.3. The smallest absolute Gasteiger partial charge is 0.253 e. The second kappa shape index (κ2) is 10.9. The Hall–Kier alpha value is -3.19. The van der Waals surface area contributed by atoms with Crippen molar-refractivity contribution < 1.29 is 14.4 Å². The minimum atomic E-state index is -0.284. The number of likely N-dealkylation sites (N-methyl/N-ethyl adjacent to an activating group) is 1. The summed E-state index contributed by atoms with van der Waals surface area (Å²) in [4.78, 5) is 39.3. The van der Waals surface area contributed by atoms with Gasteiger partial charge >= 0.3 is 0 Å². The van der Waals surface area contributed by atoms with Crippen LogP contribution in [0.3, 0.4) is 0 Å². The van der Waals surface area contributed by atoms with Crippen molar-refractivity contribution in [2.45, 2.75) is 45.6 Å². The Labute approximate surface area is 189 Å². The molecule has 0 unspecified atom stereocenters. The monoisotopic (exact) mass is 436 g/mol. The van der Waals surface area contributed by atoms with E-state index >= 15 is 0 Å². The number of carbonyl (C=O) groups excluding carboxylic acids is 3. The fourth-order valence-corrected chi connectivity index (χ4v) is 3.94. The zero-order valence-corrected chi connectivity index (χ0v) is 19.0. The molecule has 2 aromatic carbocycles. The lowest BCUT2D eigenvalue weighted by Gasteiger charge is -2.18. The summed E-state index contributed by atoms with van der Waals surface area (Å²) in [5.41, 5.74) is 3.82. The molecule has 1 aliphatic rings. The molecule has 170 valence electrons. The van der Waals surface area contributed by atoms with Gasteiger partial charge in [-0.05, 0) is 63.1 Å². The van der Waals surface area contributed by atoms with Crippen LogP contribution in [0.25, 0.3) is 0 Å². The van der Waals surface area contributed by atoms with E-state index in [1.54, 1.807) is 36.2 Å². The number of nitrogens with zero attached hydrogens (tertiary/aromatic N) is 1. The second-order valence-electron chi connectivity index (χ2n) is 8.52. The highest BCUT2D eigenvalue weighted by atomic mass is 16.2. The van der Waals surface area contributed by atoms with E-state index in [1.165, 1.54) is 0 Å². The number of anilines is 2. The van der Waals surface area contributed by atoms with Crippen LogP contribution in [-0.4, -0.2) is 48.8 Å². The first-order valence-corrected chi connectivity index (χ1v) is 11.1. The van der Waals surface area contributed by atoms with Crippen molar-refractivity contribution in [3.63, 3.8) is 0 Å². The molecule has 0 spiro atoms. The summed E-state index contributed by atoms with van der Waals surface area (Å²) in [7, 11) is 1.71. The Bertz CT molecular complexity index is 983. The molecule has 0 aromatic heterocycles. The summed E-state index contributed by atoms with van der Waals surface area (Å²) >= 11 is 0. The van der Waals surface area contributed by atoms with Crippen LogP contribution < -0.4 is 16.0 Å². The maximum atomic E-state index is 12.7. The summed E-state index contributed by atoms with van der Waals surface area (Å²) in [6.07, 6.45) is 4.25. The number of amides is 3. The van der Waals surface area contributed by atoms with Crippen LogP contribution in [0.2, 0.25) is 0 Å². The fourth-order valence-electron chi connectivity index (χ4n) is 3.94. The third-order valence-corrected chi connectivity index (χ3v) is 5.84. The SMILES string of the molecule is Cc1cccc(NC(=O)CN(C)CC(=O)Nc2ccccc2C(=O)NC2CCCC2)c1C. The standard InChI is InChI=1S/C25H32N4O3/c1-17-9-8-14-21(18(17)2)27-23(30)15-29(3)16-24(31)28-22-13-7-6-12-20(22)25(32)26-19-10-4-5-11-19/h6-9,12-14,19H,4-5,10-11,15-16H2,1-3H3,(H,26,32)(H,27,30)(H,28,31). The minimum absolute atomic E-state index is 0.0266. The van der Waals surface area contributed by atoms with Crippen molar-refractivity contribution >= 4 is 29.1 Å². The summed E-state index contributed by atoms with van der Waals surface area (Å²) in [6.45, 7) is 4.05. The van der Waals surface area contributed by atoms with E-state index in [-0.39, 0.29) is 36.9 Å². The van der Waals surface area contributed by atoms with E-state index in [2.05, 4.69) is 16.0 Å². The van der Waals surface area contributed by atoms with Crippen molar-refractivity contribution in [3.8, 4) is 0 Å². The highest BCUT2D eigenvalue weighted by Gasteiger charge is 2.20. The maximum Gasteiger partial charge on any atom is 0.253 e. The summed E-state index contributed by atoms with van der Waals surface area (Å²) in [5, 5.41) is 8.77. The van der Waals surface area contributed by atoms with Crippen molar-refractivity contribution in [2.24, 2.45) is 0 Å². The van der Waals surface area contributed by atoms with Crippen LogP contribution in [0.1, 0.15) is 47.2 Å². The third kappa shape index (κ3) is 6.40. The maximum absolute atomic E-state index is 12.7. The predicted molar refractivity (Wildman–Crippen MR) is 127 cm³/mol. The zero-order valence-electron chi connectivity index (χ0n) is 19.0. The van der Waals surface area contributed by atoms with Crippen LogP contribution in [0.4, 0.5) is 11.4 Å². The first kappa shape index (κ1) is 23.5. The molecule has 1 aliphatic carbocycles. The van der Waals surface area contributed by atoms with E-state index in [1.807, 2.05) is 32.0 Å². The molecular weight excluding hydrogens is 404 g/mol. The van der Waals surface area contributed by atoms with Crippen LogP contribution >= 0.6 is 0 Å². The Morgan fingerprint density at radius 3 is 2.16 bits per heavy atom. The Morgan fingerprint density at radius 2 is 1.47 bits per heavy atom. The molecule has 3 rings (SSSR count). The van der Waals surface area contributed by atoms with Gasteiger partial charge in [0.25, 0.3) is 5.91 Å². The highest BCUT2D eigenvalue weighted by Crippen LogP contribution is 2.20. The lowest BCUT2D eigenvalue weighted by molar-refractivity contribution is -0.119. The van der Waals surface area contributed by atoms with Gasteiger partial charge < -0.3 is 16.0 Å². The van der Waals surface area contributed by atoms with Crippen LogP contribution in [0.5, 0.6) is 0 Å². The van der Waals surface area contributed by atoms with Crippen molar-refractivity contribution in [1.29, 1.82) is 0 Å². The molecule has 0 radical (unpaired) electrons. The Kier molecular flexibility index (Phi) is 8.00. The van der Waals surface area contributed by atoms with Gasteiger partial charge in [-0.1, -0.05) is 37.1 Å². The molecule has 1 saturated carbocycles. The number of nitrogens with one attached hydrogen (secondary N) is 3. The summed E-state index contributed by atoms with van der Waals surface area (Å²) < 4.78 is 0. The first-order valence-electron chi connectivity index (χ1n) is 11.1. The number of hydrogen-bond donors (Lipinski definition) is 3. The van der Waals surface area contributed by atoms with Gasteiger partial charge in [0.05, 0.1) is 24.3 Å². The van der Waals surface area contributed by atoms with Gasteiger partial charge in [0.1, 0.15) is 0 Å². The lowest BCUT2D eigenvalue weighted by Crippen LogP contribution is -2.37. The molecule has 0 saturated heterocycles. The molecule has 0 atom stereocenters. The predicted octanol–water partition coefficient (Wildman–Crippen LogP) is 3.48. The van der Waals surface area contributed by atoms with Crippen LogP contribution in [-0.2, 0) is 9.59 Å². The quantitative estimate of drug-likeness (QED) is 0.591. The van der Waals surface area contributed by atoms with E-state index < -0.39 is 0 Å². The Balaban J connectivity index is 1.53. The second-order valence-corrected chi connectivity index (χ2v) is 8.52. The minimum Gasteiger partial charge on any atom is -0.349 e. The normalized spacial score (nSPS) is 13.8. The number of para-hydroxylation sites is 1. The van der Waals surface area contributed by atoms with Gasteiger partial charge in [0.15, 0.2) is 0 Å². The highest BCUT2D eigenvalue weighted by molar-refractivity contribution is 6.04. The number of carbonyl (C=O) groups is 3. The molecule has 0 bridgehead atoms. The van der Waals surface area contributed by atoms with Crippen molar-refractivity contribution in [2.75, 3.05) is 30.8 Å². The number of rotatable bonds is 8. The number of benzene rings is 2. The topological polar surface area (TPSA) is 90.5 Å². The molecule has 0 heterocycles. The van der Waals surface area contributed by atoms with Gasteiger partial charge in [-0.15, -0.1) is 0 Å². The van der Waals surface area contributed by atoms with E-state index in [0.717, 1.165) is 42.5 Å². The molecule has 1 fully saturated rings. The molecule has 3 amide bonds. The molecule has 7 nitrogen and oxygen atoms in total. The molecule has 7 heteroatoms. The molecule has 0 aliphatic heterocycles. The number of aryl methyl sites for hydroxylation is 1. The average molecular weight is 437 g/mol. The molecule has 32 heavy (non-hydrogen) atoms.